The Labute approximate surface area is 77.6 Å². The van der Waals surface area contributed by atoms with E-state index in [2.05, 4.69) is 15.6 Å². The molecule has 0 aliphatic heterocycles. The summed E-state index contributed by atoms with van der Waals surface area (Å²) < 4.78 is 19.7. The van der Waals surface area contributed by atoms with Gasteiger partial charge in [0, 0.05) is 0 Å². The van der Waals surface area contributed by atoms with Gasteiger partial charge in [-0.3, -0.25) is 9.05 Å². The van der Waals surface area contributed by atoms with E-state index < -0.39 is 14.1 Å². The number of phosphoric acid groups is 1. The van der Waals surface area contributed by atoms with Crippen molar-refractivity contribution in [3.63, 3.8) is 0 Å². The fourth-order valence-corrected chi connectivity index (χ4v) is 1.33. The Kier molecular flexibility index (Phi) is 5.44. The Hall–Kier alpha value is -0.190. The number of hydrogen-bond acceptors (Lipinski definition) is 4. The molecule has 0 rings (SSSR count). The predicted molar refractivity (Wildman–Crippen MR) is 48.0 cm³/mol. The number of hydrogen-bond donors (Lipinski definition) is 2. The zero-order chi connectivity index (χ0) is 10.5. The molecule has 6 heteroatoms. The van der Waals surface area contributed by atoms with Crippen LogP contribution in [-0.4, -0.2) is 22.9 Å². The highest BCUT2D eigenvalue weighted by Crippen LogP contribution is 2.44. The number of aliphatic hydroxyl groups is 1. The summed E-state index contributed by atoms with van der Waals surface area (Å²) in [5, 5.41) is 8.64. The minimum Gasteiger partial charge on any atom is -0.368 e. The third kappa shape index (κ3) is 8.15. The monoisotopic (exact) mass is 210 g/mol. The third-order valence-electron chi connectivity index (χ3n) is 1.07. The van der Waals surface area contributed by atoms with Crippen molar-refractivity contribution in [1.82, 2.24) is 0 Å². The molecule has 0 aromatic rings. The minimum absolute atomic E-state index is 0.0514. The lowest BCUT2D eigenvalue weighted by Gasteiger charge is -2.13. The van der Waals surface area contributed by atoms with E-state index in [1.54, 1.807) is 6.92 Å². The number of aliphatic hydroxyl groups excluding tert-OH is 1. The summed E-state index contributed by atoms with van der Waals surface area (Å²) in [6, 6.07) is 0. The van der Waals surface area contributed by atoms with Crippen LogP contribution in [0.5, 0.6) is 0 Å². The van der Waals surface area contributed by atoms with Crippen LogP contribution in [0.1, 0.15) is 20.3 Å². The molecule has 2 N–H and O–H groups in total. The molecule has 0 bridgehead atoms. The molecular formula is C7H15O5P. The normalized spacial score (nSPS) is 17.8. The molecule has 0 spiro atoms. The van der Waals surface area contributed by atoms with Crippen LogP contribution in [0.15, 0.2) is 12.2 Å². The minimum atomic E-state index is -4.10. The Balaban J connectivity index is 3.76. The summed E-state index contributed by atoms with van der Waals surface area (Å²) in [5.74, 6) is 0. The van der Waals surface area contributed by atoms with E-state index in [-0.39, 0.29) is 6.61 Å². The molecule has 0 amide bonds. The van der Waals surface area contributed by atoms with E-state index in [0.29, 0.717) is 6.42 Å². The molecule has 2 atom stereocenters. The van der Waals surface area contributed by atoms with Crippen LogP contribution < -0.4 is 0 Å². The molecule has 0 heterocycles. The SMILES string of the molecule is C=C(C)CCOP(=O)(O)OC(C)O. The lowest BCUT2D eigenvalue weighted by atomic mass is 10.3. The van der Waals surface area contributed by atoms with Crippen LogP contribution in [-0.2, 0) is 13.6 Å². The van der Waals surface area contributed by atoms with Gasteiger partial charge in [-0.15, -0.1) is 6.58 Å². The van der Waals surface area contributed by atoms with E-state index in [0.717, 1.165) is 5.57 Å². The van der Waals surface area contributed by atoms with Crippen LogP contribution in [0.4, 0.5) is 0 Å². The predicted octanol–water partition coefficient (Wildman–Crippen LogP) is 1.42. The molecule has 0 aliphatic rings. The van der Waals surface area contributed by atoms with Gasteiger partial charge in [0.2, 0.25) is 0 Å². The molecule has 2 unspecified atom stereocenters. The van der Waals surface area contributed by atoms with Gasteiger partial charge in [-0.25, -0.2) is 4.57 Å². The third-order valence-corrected chi connectivity index (χ3v) is 2.15. The van der Waals surface area contributed by atoms with E-state index in [9.17, 15) is 4.57 Å². The highest BCUT2D eigenvalue weighted by atomic mass is 31.2. The van der Waals surface area contributed by atoms with Gasteiger partial charge in [0.05, 0.1) is 6.61 Å². The van der Waals surface area contributed by atoms with Gasteiger partial charge in [-0.05, 0) is 20.3 Å². The van der Waals surface area contributed by atoms with Crippen molar-refractivity contribution in [2.45, 2.75) is 26.6 Å². The van der Waals surface area contributed by atoms with Crippen LogP contribution >= 0.6 is 7.82 Å². The van der Waals surface area contributed by atoms with Gasteiger partial charge in [0.15, 0.2) is 6.29 Å². The lowest BCUT2D eigenvalue weighted by molar-refractivity contribution is -0.0274. The van der Waals surface area contributed by atoms with Gasteiger partial charge in [-0.1, -0.05) is 5.57 Å². The fourth-order valence-electron chi connectivity index (χ4n) is 0.558. The van der Waals surface area contributed by atoms with Crippen molar-refractivity contribution in [2.75, 3.05) is 6.61 Å². The van der Waals surface area contributed by atoms with Gasteiger partial charge >= 0.3 is 7.82 Å². The number of rotatable bonds is 6. The maximum Gasteiger partial charge on any atom is 0.474 e. The number of phosphoric ester groups is 1. The first kappa shape index (κ1) is 12.8. The Morgan fingerprint density at radius 2 is 2.23 bits per heavy atom. The van der Waals surface area contributed by atoms with Gasteiger partial charge in [0.1, 0.15) is 0 Å². The fraction of sp³-hybridized carbons (Fsp3) is 0.714. The largest absolute Gasteiger partial charge is 0.474 e. The van der Waals surface area contributed by atoms with Gasteiger partial charge < -0.3 is 10.00 Å². The van der Waals surface area contributed by atoms with Crippen molar-refractivity contribution >= 4 is 7.82 Å². The van der Waals surface area contributed by atoms with E-state index >= 15 is 0 Å². The smallest absolute Gasteiger partial charge is 0.368 e. The van der Waals surface area contributed by atoms with Crippen LogP contribution in [0, 0.1) is 0 Å². The standard InChI is InChI=1S/C7H15O5P/c1-6(2)4-5-11-13(9,10)12-7(3)8/h7-8H,1,4-5H2,2-3H3,(H,9,10). The summed E-state index contributed by atoms with van der Waals surface area (Å²) in [7, 11) is -4.10. The first-order valence-corrected chi connectivity index (χ1v) is 5.31. The first-order valence-electron chi connectivity index (χ1n) is 3.81. The molecule has 0 radical (unpaired) electrons. The second kappa shape index (κ2) is 5.52. The van der Waals surface area contributed by atoms with E-state index in [1.165, 1.54) is 6.92 Å². The van der Waals surface area contributed by atoms with Crippen molar-refractivity contribution in [1.29, 1.82) is 0 Å². The summed E-state index contributed by atoms with van der Waals surface area (Å²) in [6.07, 6.45) is -0.839. The molecule has 0 saturated heterocycles. The molecule has 13 heavy (non-hydrogen) atoms. The highest BCUT2D eigenvalue weighted by molar-refractivity contribution is 7.47. The maximum absolute atomic E-state index is 10.9. The molecule has 0 fully saturated rings. The molecule has 0 saturated carbocycles. The van der Waals surface area contributed by atoms with Crippen LogP contribution in [0.25, 0.3) is 0 Å². The van der Waals surface area contributed by atoms with Gasteiger partial charge in [0.25, 0.3) is 0 Å². The quantitative estimate of drug-likeness (QED) is 0.394. The van der Waals surface area contributed by atoms with Crippen molar-refractivity contribution < 1.29 is 23.6 Å². The zero-order valence-corrected chi connectivity index (χ0v) is 8.66. The van der Waals surface area contributed by atoms with Crippen LogP contribution in [0.2, 0.25) is 0 Å². The van der Waals surface area contributed by atoms with Crippen molar-refractivity contribution in [3.8, 4) is 0 Å². The molecule has 78 valence electrons. The summed E-state index contributed by atoms with van der Waals surface area (Å²) in [4.78, 5) is 8.92. The average molecular weight is 210 g/mol. The summed E-state index contributed by atoms with van der Waals surface area (Å²) in [6.45, 7) is 6.65. The first-order chi connectivity index (χ1) is 5.83. The van der Waals surface area contributed by atoms with E-state index in [4.69, 9.17) is 10.00 Å². The Morgan fingerprint density at radius 1 is 1.69 bits per heavy atom. The van der Waals surface area contributed by atoms with Crippen molar-refractivity contribution in [3.05, 3.63) is 12.2 Å². The summed E-state index contributed by atoms with van der Waals surface area (Å²) >= 11 is 0. The maximum atomic E-state index is 10.9. The summed E-state index contributed by atoms with van der Waals surface area (Å²) in [5.41, 5.74) is 0.844. The molecular weight excluding hydrogens is 195 g/mol. The lowest BCUT2D eigenvalue weighted by Crippen LogP contribution is -2.06. The highest BCUT2D eigenvalue weighted by Gasteiger charge is 2.22. The van der Waals surface area contributed by atoms with Crippen molar-refractivity contribution in [2.24, 2.45) is 0 Å². The van der Waals surface area contributed by atoms with Gasteiger partial charge in [-0.2, -0.15) is 0 Å². The van der Waals surface area contributed by atoms with Crippen LogP contribution in [0.3, 0.4) is 0 Å². The van der Waals surface area contributed by atoms with E-state index in [1.807, 2.05) is 0 Å². The average Bonchev–Trinajstić information content (AvgIpc) is 1.81. The Morgan fingerprint density at radius 3 is 2.62 bits per heavy atom. The molecule has 5 nitrogen and oxygen atoms in total. The Bertz CT molecular complexity index is 213. The zero-order valence-electron chi connectivity index (χ0n) is 7.77. The second-order valence-corrected chi connectivity index (χ2v) is 4.12. The molecule has 0 aromatic carbocycles. The topological polar surface area (TPSA) is 76.0 Å². The molecule has 0 aromatic heterocycles. The molecule has 0 aliphatic carbocycles. The second-order valence-electron chi connectivity index (χ2n) is 2.71.